The smallest absolute Gasteiger partial charge is 0.291 e. The Kier molecular flexibility index (Phi) is 4.47. The van der Waals surface area contributed by atoms with E-state index < -0.39 is 11.7 Å². The van der Waals surface area contributed by atoms with Crippen LogP contribution in [-0.2, 0) is 25.8 Å². The molecule has 0 spiro atoms. The number of aromatic nitrogens is 3. The lowest BCUT2D eigenvalue weighted by Crippen LogP contribution is -2.33. The summed E-state index contributed by atoms with van der Waals surface area (Å²) in [4.78, 5) is 6.56. The van der Waals surface area contributed by atoms with Gasteiger partial charge in [-0.05, 0) is 36.2 Å². The number of hydrogen-bond donors (Lipinski definition) is 0. The van der Waals surface area contributed by atoms with E-state index >= 15 is 0 Å². The van der Waals surface area contributed by atoms with Gasteiger partial charge in [0.25, 0.3) is 0 Å². The summed E-state index contributed by atoms with van der Waals surface area (Å²) >= 11 is 0. The Hall–Kier alpha value is -2.67. The van der Waals surface area contributed by atoms with Crippen molar-refractivity contribution in [2.45, 2.75) is 32.7 Å². The van der Waals surface area contributed by atoms with Crippen LogP contribution >= 0.6 is 0 Å². The minimum absolute atomic E-state index is 0.479. The summed E-state index contributed by atoms with van der Waals surface area (Å²) in [6.07, 6.45) is -2.56. The molecule has 4 rings (SSSR count). The summed E-state index contributed by atoms with van der Waals surface area (Å²) in [7, 11) is 0. The lowest BCUT2D eigenvalue weighted by Gasteiger charge is -2.27. The van der Waals surface area contributed by atoms with Gasteiger partial charge in [0.2, 0.25) is 0 Å². The topological polar surface area (TPSA) is 34.0 Å². The molecule has 0 amide bonds. The van der Waals surface area contributed by atoms with Crippen molar-refractivity contribution in [1.82, 2.24) is 19.7 Å². The Labute approximate surface area is 155 Å². The second-order valence-electron chi connectivity index (χ2n) is 6.82. The first-order valence-electron chi connectivity index (χ1n) is 8.77. The maximum absolute atomic E-state index is 12.9. The zero-order valence-electron chi connectivity index (χ0n) is 14.9. The van der Waals surface area contributed by atoms with Gasteiger partial charge in [0.15, 0.2) is 0 Å². The SMILES string of the molecule is Cc1cccnc1-c1cc2n(n1)CCN(Cc1cccc(C(F)(F)F)c1)C2. The molecule has 2 aromatic heterocycles. The monoisotopic (exact) mass is 372 g/mol. The van der Waals surface area contributed by atoms with Crippen LogP contribution in [0.15, 0.2) is 48.7 Å². The Morgan fingerprint density at radius 2 is 1.93 bits per heavy atom. The standard InChI is InChI=1S/C20H19F3N4/c1-14-4-3-7-24-19(14)18-11-17-13-26(8-9-27(17)25-18)12-15-5-2-6-16(10-15)20(21,22)23/h2-7,10-11H,8-9,12-13H2,1H3. The number of benzene rings is 1. The van der Waals surface area contributed by atoms with E-state index in [1.807, 2.05) is 29.8 Å². The molecular formula is C20H19F3N4. The van der Waals surface area contributed by atoms with Crippen molar-refractivity contribution in [2.75, 3.05) is 6.54 Å². The van der Waals surface area contributed by atoms with Crippen molar-refractivity contribution in [3.8, 4) is 11.4 Å². The highest BCUT2D eigenvalue weighted by atomic mass is 19.4. The quantitative estimate of drug-likeness (QED) is 0.688. The fourth-order valence-corrected chi connectivity index (χ4v) is 3.43. The van der Waals surface area contributed by atoms with Gasteiger partial charge >= 0.3 is 6.18 Å². The molecule has 0 saturated heterocycles. The minimum atomic E-state index is -4.31. The van der Waals surface area contributed by atoms with Gasteiger partial charge in [-0.15, -0.1) is 0 Å². The Balaban J connectivity index is 1.52. The summed E-state index contributed by atoms with van der Waals surface area (Å²) in [6.45, 7) is 4.58. The van der Waals surface area contributed by atoms with Crippen molar-refractivity contribution >= 4 is 0 Å². The second kappa shape index (κ2) is 6.81. The molecule has 0 aliphatic carbocycles. The molecule has 1 aliphatic heterocycles. The molecular weight excluding hydrogens is 353 g/mol. The molecule has 140 valence electrons. The highest BCUT2D eigenvalue weighted by Crippen LogP contribution is 2.30. The molecule has 1 aromatic carbocycles. The fourth-order valence-electron chi connectivity index (χ4n) is 3.43. The zero-order chi connectivity index (χ0) is 19.0. The van der Waals surface area contributed by atoms with E-state index in [0.29, 0.717) is 25.2 Å². The first kappa shape index (κ1) is 17.7. The molecule has 0 bridgehead atoms. The van der Waals surface area contributed by atoms with Crippen LogP contribution in [0.4, 0.5) is 13.2 Å². The van der Waals surface area contributed by atoms with Crippen LogP contribution in [0.2, 0.25) is 0 Å². The van der Waals surface area contributed by atoms with Crippen molar-refractivity contribution < 1.29 is 13.2 Å². The van der Waals surface area contributed by atoms with E-state index in [0.717, 1.165) is 35.3 Å². The molecule has 3 heterocycles. The average molecular weight is 372 g/mol. The molecule has 27 heavy (non-hydrogen) atoms. The molecule has 0 N–H and O–H groups in total. The van der Waals surface area contributed by atoms with E-state index in [1.54, 1.807) is 12.3 Å². The first-order valence-corrected chi connectivity index (χ1v) is 8.77. The maximum Gasteiger partial charge on any atom is 0.416 e. The fraction of sp³-hybridized carbons (Fsp3) is 0.300. The number of nitrogens with zero attached hydrogens (tertiary/aromatic N) is 4. The van der Waals surface area contributed by atoms with Crippen molar-refractivity contribution in [3.05, 3.63) is 71.0 Å². The van der Waals surface area contributed by atoms with Gasteiger partial charge < -0.3 is 0 Å². The summed E-state index contributed by atoms with van der Waals surface area (Å²) < 4.78 is 40.7. The average Bonchev–Trinajstić information content (AvgIpc) is 3.04. The molecule has 7 heteroatoms. The van der Waals surface area contributed by atoms with Gasteiger partial charge in [-0.3, -0.25) is 14.6 Å². The Morgan fingerprint density at radius 3 is 2.70 bits per heavy atom. The summed E-state index contributed by atoms with van der Waals surface area (Å²) in [5, 5.41) is 4.65. The molecule has 0 saturated carbocycles. The molecule has 0 radical (unpaired) electrons. The van der Waals surface area contributed by atoms with Crippen LogP contribution in [0.3, 0.4) is 0 Å². The molecule has 0 atom stereocenters. The third-order valence-corrected chi connectivity index (χ3v) is 4.79. The Morgan fingerprint density at radius 1 is 1.07 bits per heavy atom. The van der Waals surface area contributed by atoms with E-state index in [2.05, 4.69) is 15.0 Å². The number of alkyl halides is 3. The van der Waals surface area contributed by atoms with Crippen LogP contribution in [0.5, 0.6) is 0 Å². The number of pyridine rings is 1. The molecule has 3 aromatic rings. The number of rotatable bonds is 3. The predicted octanol–water partition coefficient (Wildman–Crippen LogP) is 4.29. The predicted molar refractivity (Wildman–Crippen MR) is 95.8 cm³/mol. The number of hydrogen-bond acceptors (Lipinski definition) is 3. The van der Waals surface area contributed by atoms with Crippen LogP contribution in [0.1, 0.15) is 22.4 Å². The van der Waals surface area contributed by atoms with E-state index in [9.17, 15) is 13.2 Å². The number of fused-ring (bicyclic) bond motifs is 1. The number of aryl methyl sites for hydroxylation is 1. The van der Waals surface area contributed by atoms with Gasteiger partial charge in [-0.25, -0.2) is 0 Å². The van der Waals surface area contributed by atoms with Crippen molar-refractivity contribution in [1.29, 1.82) is 0 Å². The van der Waals surface area contributed by atoms with Crippen molar-refractivity contribution in [2.24, 2.45) is 0 Å². The van der Waals surface area contributed by atoms with Crippen LogP contribution < -0.4 is 0 Å². The first-order chi connectivity index (χ1) is 12.9. The highest BCUT2D eigenvalue weighted by molar-refractivity contribution is 5.58. The van der Waals surface area contributed by atoms with Crippen LogP contribution in [-0.4, -0.2) is 26.2 Å². The molecule has 1 aliphatic rings. The van der Waals surface area contributed by atoms with Crippen LogP contribution in [0.25, 0.3) is 11.4 Å². The van der Waals surface area contributed by atoms with Gasteiger partial charge in [-0.2, -0.15) is 18.3 Å². The summed E-state index contributed by atoms with van der Waals surface area (Å²) in [5.41, 5.74) is 3.88. The Bertz CT molecular complexity index is 962. The maximum atomic E-state index is 12.9. The minimum Gasteiger partial charge on any atom is -0.291 e. The molecule has 0 unspecified atom stereocenters. The molecule has 4 nitrogen and oxygen atoms in total. The van der Waals surface area contributed by atoms with E-state index in [-0.39, 0.29) is 0 Å². The normalized spacial score (nSPS) is 15.0. The summed E-state index contributed by atoms with van der Waals surface area (Å²) in [6, 6.07) is 11.5. The van der Waals surface area contributed by atoms with Crippen LogP contribution in [0, 0.1) is 6.92 Å². The second-order valence-corrected chi connectivity index (χ2v) is 6.82. The van der Waals surface area contributed by atoms with Gasteiger partial charge in [0.05, 0.1) is 23.5 Å². The highest BCUT2D eigenvalue weighted by Gasteiger charge is 2.30. The summed E-state index contributed by atoms with van der Waals surface area (Å²) in [5.74, 6) is 0. The van der Waals surface area contributed by atoms with Gasteiger partial charge in [0.1, 0.15) is 5.69 Å². The number of halogens is 3. The van der Waals surface area contributed by atoms with E-state index in [4.69, 9.17) is 0 Å². The lowest BCUT2D eigenvalue weighted by molar-refractivity contribution is -0.137. The largest absolute Gasteiger partial charge is 0.416 e. The third-order valence-electron chi connectivity index (χ3n) is 4.79. The molecule has 0 fully saturated rings. The third kappa shape index (κ3) is 3.73. The lowest BCUT2D eigenvalue weighted by atomic mass is 10.1. The van der Waals surface area contributed by atoms with E-state index in [1.165, 1.54) is 12.1 Å². The van der Waals surface area contributed by atoms with Gasteiger partial charge in [0, 0.05) is 25.8 Å². The van der Waals surface area contributed by atoms with Gasteiger partial charge in [-0.1, -0.05) is 24.3 Å². The zero-order valence-corrected chi connectivity index (χ0v) is 14.9. The van der Waals surface area contributed by atoms with Crippen molar-refractivity contribution in [3.63, 3.8) is 0 Å².